The molecule has 0 aliphatic rings. The van der Waals surface area contributed by atoms with Gasteiger partial charge in [0, 0.05) is 35.8 Å². The van der Waals surface area contributed by atoms with Gasteiger partial charge in [0.1, 0.15) is 0 Å². The first kappa shape index (κ1) is 21.7. The van der Waals surface area contributed by atoms with E-state index in [9.17, 15) is 9.59 Å². The largest absolute Gasteiger partial charge is 0.357 e. The average molecular weight is 446 g/mol. The van der Waals surface area contributed by atoms with E-state index in [0.29, 0.717) is 29.1 Å². The summed E-state index contributed by atoms with van der Waals surface area (Å²) in [5.74, 6) is -0.225. The first-order chi connectivity index (χ1) is 15.5. The van der Waals surface area contributed by atoms with Crippen LogP contribution in [0.4, 0.5) is 0 Å². The minimum absolute atomic E-state index is 0.109. The number of H-pyrrole nitrogens is 1. The van der Waals surface area contributed by atoms with Crippen molar-refractivity contribution in [3.63, 3.8) is 0 Å². The van der Waals surface area contributed by atoms with Gasteiger partial charge in [-0.15, -0.1) is 0 Å². The van der Waals surface area contributed by atoms with Crippen LogP contribution in [-0.2, 0) is 6.42 Å². The van der Waals surface area contributed by atoms with Crippen molar-refractivity contribution in [3.8, 4) is 11.1 Å². The highest BCUT2D eigenvalue weighted by molar-refractivity contribution is 6.35. The van der Waals surface area contributed by atoms with Crippen molar-refractivity contribution in [1.29, 1.82) is 0 Å². The zero-order chi connectivity index (χ0) is 22.7. The fourth-order valence-electron chi connectivity index (χ4n) is 3.87. The summed E-state index contributed by atoms with van der Waals surface area (Å²) < 4.78 is 0. The lowest BCUT2D eigenvalue weighted by Gasteiger charge is -2.08. The molecule has 3 N–H and O–H groups in total. The molecule has 1 heterocycles. The third-order valence-electron chi connectivity index (χ3n) is 5.62. The Morgan fingerprint density at radius 1 is 0.875 bits per heavy atom. The van der Waals surface area contributed by atoms with Gasteiger partial charge >= 0.3 is 0 Å². The smallest absolute Gasteiger partial charge is 0.251 e. The molecule has 1 aromatic heterocycles. The molecule has 0 unspecified atom stereocenters. The first-order valence-corrected chi connectivity index (χ1v) is 10.8. The summed E-state index contributed by atoms with van der Waals surface area (Å²) in [6.45, 7) is 2.55. The Morgan fingerprint density at radius 3 is 2.06 bits per heavy atom. The Kier molecular flexibility index (Phi) is 6.28. The first-order valence-electron chi connectivity index (χ1n) is 10.4. The van der Waals surface area contributed by atoms with Crippen molar-refractivity contribution >= 4 is 34.3 Å². The maximum absolute atomic E-state index is 12.6. The van der Waals surface area contributed by atoms with Crippen LogP contribution in [0.2, 0.25) is 5.02 Å². The number of carbonyl (C=O) groups excluding carboxylic acids is 2. The summed E-state index contributed by atoms with van der Waals surface area (Å²) in [4.78, 5) is 27.6. The van der Waals surface area contributed by atoms with Gasteiger partial charge < -0.3 is 15.6 Å². The Morgan fingerprint density at radius 2 is 1.47 bits per heavy atom. The van der Waals surface area contributed by atoms with E-state index in [-0.39, 0.29) is 11.8 Å². The van der Waals surface area contributed by atoms with Crippen LogP contribution in [0.25, 0.3) is 22.0 Å². The normalized spacial score (nSPS) is 10.8. The number of carbonyl (C=O) groups is 2. The van der Waals surface area contributed by atoms with Gasteiger partial charge in [-0.1, -0.05) is 48.0 Å². The molecule has 4 aromatic rings. The van der Waals surface area contributed by atoms with Gasteiger partial charge in [0.05, 0.1) is 10.5 Å². The van der Waals surface area contributed by atoms with Crippen LogP contribution in [-0.4, -0.2) is 30.4 Å². The van der Waals surface area contributed by atoms with E-state index in [2.05, 4.69) is 15.6 Å². The number of rotatable bonds is 6. The van der Waals surface area contributed by atoms with Gasteiger partial charge in [0.25, 0.3) is 11.8 Å². The Balaban J connectivity index is 1.39. The average Bonchev–Trinajstić information content (AvgIpc) is 3.15. The van der Waals surface area contributed by atoms with Crippen molar-refractivity contribution in [2.24, 2.45) is 0 Å². The predicted octanol–water partition coefficient (Wildman–Crippen LogP) is 5.13. The molecule has 32 heavy (non-hydrogen) atoms. The molecular weight excluding hydrogens is 422 g/mol. The highest BCUT2D eigenvalue weighted by Crippen LogP contribution is 2.28. The number of para-hydroxylation sites is 1. The zero-order valence-corrected chi connectivity index (χ0v) is 18.7. The molecule has 0 fully saturated rings. The Hall–Kier alpha value is -3.57. The van der Waals surface area contributed by atoms with Crippen LogP contribution in [0.1, 0.15) is 32.0 Å². The third kappa shape index (κ3) is 4.39. The molecule has 6 heteroatoms. The monoisotopic (exact) mass is 445 g/mol. The van der Waals surface area contributed by atoms with E-state index in [1.165, 1.54) is 5.56 Å². The summed E-state index contributed by atoms with van der Waals surface area (Å²) in [5, 5.41) is 7.40. The van der Waals surface area contributed by atoms with Gasteiger partial charge in [0.15, 0.2) is 0 Å². The summed E-state index contributed by atoms with van der Waals surface area (Å²) >= 11 is 6.27. The zero-order valence-electron chi connectivity index (χ0n) is 18.0. The number of nitrogens with one attached hydrogen (secondary N) is 3. The third-order valence-corrected chi connectivity index (χ3v) is 5.93. The fraction of sp³-hybridized carbons (Fsp3) is 0.154. The molecule has 4 rings (SSSR count). The maximum Gasteiger partial charge on any atom is 0.251 e. The van der Waals surface area contributed by atoms with Crippen molar-refractivity contribution in [1.82, 2.24) is 15.6 Å². The number of halogens is 1. The highest BCUT2D eigenvalue weighted by Gasteiger charge is 2.12. The van der Waals surface area contributed by atoms with Crippen LogP contribution in [0.15, 0.2) is 66.7 Å². The number of aryl methyl sites for hydroxylation is 1. The van der Waals surface area contributed by atoms with Crippen molar-refractivity contribution in [3.05, 3.63) is 94.1 Å². The number of aromatic nitrogens is 1. The van der Waals surface area contributed by atoms with E-state index in [4.69, 9.17) is 11.6 Å². The Bertz CT molecular complexity index is 1280. The lowest BCUT2D eigenvalue weighted by atomic mass is 10.0. The molecular formula is C26H24ClN3O2. The quantitative estimate of drug-likeness (QED) is 0.385. The van der Waals surface area contributed by atoms with Crippen LogP contribution in [0.5, 0.6) is 0 Å². The number of aromatic amines is 1. The number of amides is 2. The van der Waals surface area contributed by atoms with E-state index < -0.39 is 0 Å². The van der Waals surface area contributed by atoms with Gasteiger partial charge in [-0.05, 0) is 60.4 Å². The van der Waals surface area contributed by atoms with E-state index in [1.54, 1.807) is 19.2 Å². The molecule has 0 saturated heterocycles. The summed E-state index contributed by atoms with van der Waals surface area (Å²) in [5.41, 5.74) is 6.35. The second-order valence-corrected chi connectivity index (χ2v) is 8.04. The van der Waals surface area contributed by atoms with Crippen LogP contribution >= 0.6 is 11.6 Å². The molecule has 162 valence electrons. The molecule has 0 atom stereocenters. The minimum Gasteiger partial charge on any atom is -0.357 e. The Labute approximate surface area is 191 Å². The molecule has 0 saturated carbocycles. The lowest BCUT2D eigenvalue weighted by molar-refractivity contribution is 0.0949. The van der Waals surface area contributed by atoms with Crippen LogP contribution in [0, 0.1) is 6.92 Å². The fourth-order valence-corrected chi connectivity index (χ4v) is 4.09. The second-order valence-electron chi connectivity index (χ2n) is 7.63. The van der Waals surface area contributed by atoms with Crippen LogP contribution in [0.3, 0.4) is 0 Å². The van der Waals surface area contributed by atoms with Crippen molar-refractivity contribution in [2.75, 3.05) is 13.6 Å². The minimum atomic E-state index is -0.116. The van der Waals surface area contributed by atoms with Gasteiger partial charge in [-0.25, -0.2) is 0 Å². The molecule has 0 aliphatic heterocycles. The van der Waals surface area contributed by atoms with Crippen LogP contribution < -0.4 is 10.6 Å². The SMILES string of the molecule is CNC(=O)c1ccc(-c2ccc(C(=O)NCCc3c(C)[nH]c4c(Cl)cccc34)cc2)cc1. The molecule has 2 amide bonds. The van der Waals surface area contributed by atoms with Gasteiger partial charge in [0.2, 0.25) is 0 Å². The molecule has 0 spiro atoms. The van der Waals surface area contributed by atoms with Crippen molar-refractivity contribution < 1.29 is 9.59 Å². The van der Waals surface area contributed by atoms with Gasteiger partial charge in [-0.2, -0.15) is 0 Å². The maximum atomic E-state index is 12.6. The summed E-state index contributed by atoms with van der Waals surface area (Å²) in [6.07, 6.45) is 0.716. The second kappa shape index (κ2) is 9.28. The van der Waals surface area contributed by atoms with Gasteiger partial charge in [-0.3, -0.25) is 9.59 Å². The van der Waals surface area contributed by atoms with E-state index in [0.717, 1.165) is 27.7 Å². The number of benzene rings is 3. The number of fused-ring (bicyclic) bond motifs is 1. The molecule has 0 bridgehead atoms. The highest BCUT2D eigenvalue weighted by atomic mass is 35.5. The topological polar surface area (TPSA) is 74.0 Å². The lowest BCUT2D eigenvalue weighted by Crippen LogP contribution is -2.25. The standard InChI is InChI=1S/C26H24ClN3O2/c1-16-21(22-4-3-5-23(27)24(22)30-16)14-15-29-26(32)20-12-8-18(9-13-20)17-6-10-19(11-7-17)25(31)28-2/h3-13,30H,14-15H2,1-2H3,(H,28,31)(H,29,32). The number of hydrogen-bond donors (Lipinski definition) is 3. The van der Waals surface area contributed by atoms with E-state index in [1.807, 2.05) is 61.5 Å². The predicted molar refractivity (Wildman–Crippen MR) is 129 cm³/mol. The van der Waals surface area contributed by atoms with Crippen molar-refractivity contribution in [2.45, 2.75) is 13.3 Å². The molecule has 0 aliphatic carbocycles. The van der Waals surface area contributed by atoms with E-state index >= 15 is 0 Å². The number of hydrogen-bond acceptors (Lipinski definition) is 2. The molecule has 5 nitrogen and oxygen atoms in total. The molecule has 3 aromatic carbocycles. The summed E-state index contributed by atoms with van der Waals surface area (Å²) in [6, 6.07) is 20.7. The summed E-state index contributed by atoms with van der Waals surface area (Å²) in [7, 11) is 1.61. The molecule has 0 radical (unpaired) electrons.